The highest BCUT2D eigenvalue weighted by molar-refractivity contribution is 5.94. The Balaban J connectivity index is 1.35. The maximum Gasteiger partial charge on any atom is 0.270 e. The fourth-order valence-electron chi connectivity index (χ4n) is 4.55. The predicted octanol–water partition coefficient (Wildman–Crippen LogP) is 2.83. The van der Waals surface area contributed by atoms with Gasteiger partial charge in [-0.05, 0) is 50.5 Å². The number of aryl methyl sites for hydroxylation is 2. The van der Waals surface area contributed by atoms with Gasteiger partial charge in [0.15, 0.2) is 0 Å². The molecule has 6 heteroatoms. The first-order chi connectivity index (χ1) is 14.0. The average molecular weight is 395 g/mol. The van der Waals surface area contributed by atoms with Gasteiger partial charge in [0, 0.05) is 50.6 Å². The third-order valence-corrected chi connectivity index (χ3v) is 6.13. The van der Waals surface area contributed by atoms with E-state index in [-0.39, 0.29) is 17.7 Å². The Morgan fingerprint density at radius 2 is 1.69 bits per heavy atom. The second-order valence-corrected chi connectivity index (χ2v) is 8.25. The zero-order chi connectivity index (χ0) is 20.4. The molecule has 0 aliphatic carbocycles. The predicted molar refractivity (Wildman–Crippen MR) is 114 cm³/mol. The van der Waals surface area contributed by atoms with Gasteiger partial charge in [0.05, 0.1) is 5.92 Å². The van der Waals surface area contributed by atoms with Crippen LogP contribution in [0.25, 0.3) is 0 Å². The summed E-state index contributed by atoms with van der Waals surface area (Å²) < 4.78 is 0. The molecule has 2 aliphatic rings. The summed E-state index contributed by atoms with van der Waals surface area (Å²) in [6.07, 6.45) is 1.75. The third-order valence-electron chi connectivity index (χ3n) is 6.13. The van der Waals surface area contributed by atoms with Crippen LogP contribution in [0.3, 0.4) is 0 Å². The Hall–Kier alpha value is -2.76. The van der Waals surface area contributed by atoms with Gasteiger partial charge in [0.1, 0.15) is 5.69 Å². The first-order valence-corrected chi connectivity index (χ1v) is 10.6. The molecule has 6 nitrogen and oxygen atoms in total. The number of para-hydroxylation sites is 1. The lowest BCUT2D eigenvalue weighted by Gasteiger charge is -2.39. The van der Waals surface area contributed by atoms with E-state index in [1.165, 1.54) is 5.69 Å². The first-order valence-electron chi connectivity index (χ1n) is 10.6. The maximum atomic E-state index is 13.1. The Morgan fingerprint density at radius 1 is 0.966 bits per heavy atom. The van der Waals surface area contributed by atoms with Gasteiger partial charge in [-0.25, -0.2) is 0 Å². The standard InChI is InChI=1S/C23H30N4O2/c1-17-15-18(2)24-21(17)23(29)27-10-6-7-19(16-27)22(28)26-13-11-25(12-14-26)20-8-4-3-5-9-20/h3-5,8-9,15,19,24H,6-7,10-14,16H2,1-2H3/t19-/m0/s1. The minimum atomic E-state index is -0.0904. The summed E-state index contributed by atoms with van der Waals surface area (Å²) >= 11 is 0. The summed E-state index contributed by atoms with van der Waals surface area (Å²) in [4.78, 5) is 35.4. The number of aromatic nitrogens is 1. The van der Waals surface area contributed by atoms with E-state index in [4.69, 9.17) is 0 Å². The number of anilines is 1. The Kier molecular flexibility index (Phi) is 5.60. The summed E-state index contributed by atoms with van der Waals surface area (Å²) in [6.45, 7) is 8.35. The quantitative estimate of drug-likeness (QED) is 0.871. The number of rotatable bonds is 3. The molecular weight excluding hydrogens is 364 g/mol. The maximum absolute atomic E-state index is 13.1. The van der Waals surface area contributed by atoms with E-state index >= 15 is 0 Å². The number of hydrogen-bond donors (Lipinski definition) is 1. The van der Waals surface area contributed by atoms with Crippen molar-refractivity contribution in [3.05, 3.63) is 53.3 Å². The molecule has 1 atom stereocenters. The van der Waals surface area contributed by atoms with E-state index < -0.39 is 0 Å². The number of carbonyl (C=O) groups is 2. The van der Waals surface area contributed by atoms with E-state index in [1.54, 1.807) is 0 Å². The van der Waals surface area contributed by atoms with Crippen LogP contribution < -0.4 is 4.90 Å². The first kappa shape index (κ1) is 19.6. The van der Waals surface area contributed by atoms with Crippen molar-refractivity contribution in [3.63, 3.8) is 0 Å². The van der Waals surface area contributed by atoms with Crippen LogP contribution in [-0.4, -0.2) is 65.9 Å². The molecule has 3 heterocycles. The van der Waals surface area contributed by atoms with Gasteiger partial charge in [-0.1, -0.05) is 18.2 Å². The molecular formula is C23H30N4O2. The monoisotopic (exact) mass is 394 g/mol. The zero-order valence-corrected chi connectivity index (χ0v) is 17.4. The van der Waals surface area contributed by atoms with Gasteiger partial charge in [0.25, 0.3) is 5.91 Å². The smallest absolute Gasteiger partial charge is 0.270 e. The van der Waals surface area contributed by atoms with Crippen molar-refractivity contribution in [1.82, 2.24) is 14.8 Å². The molecule has 4 rings (SSSR count). The number of amides is 2. The second kappa shape index (κ2) is 8.31. The minimum Gasteiger partial charge on any atom is -0.368 e. The number of hydrogen-bond acceptors (Lipinski definition) is 3. The minimum absolute atomic E-state index is 0.0157. The largest absolute Gasteiger partial charge is 0.368 e. The van der Waals surface area contributed by atoms with Crippen LogP contribution in [0.4, 0.5) is 5.69 Å². The number of nitrogens with one attached hydrogen (secondary N) is 1. The van der Waals surface area contributed by atoms with Crippen LogP contribution in [0.1, 0.15) is 34.6 Å². The molecule has 0 radical (unpaired) electrons. The number of likely N-dealkylation sites (tertiary alicyclic amines) is 1. The molecule has 0 unspecified atom stereocenters. The molecule has 2 fully saturated rings. The van der Waals surface area contributed by atoms with E-state index in [1.807, 2.05) is 47.9 Å². The molecule has 0 spiro atoms. The average Bonchev–Trinajstić information content (AvgIpc) is 3.11. The molecule has 2 amide bonds. The van der Waals surface area contributed by atoms with Crippen molar-refractivity contribution >= 4 is 17.5 Å². The zero-order valence-electron chi connectivity index (χ0n) is 17.4. The Morgan fingerprint density at radius 3 is 2.34 bits per heavy atom. The van der Waals surface area contributed by atoms with Crippen molar-refractivity contribution in [2.45, 2.75) is 26.7 Å². The Bertz CT molecular complexity index is 868. The van der Waals surface area contributed by atoms with Crippen LogP contribution >= 0.6 is 0 Å². The molecule has 29 heavy (non-hydrogen) atoms. The topological polar surface area (TPSA) is 59.7 Å². The van der Waals surface area contributed by atoms with E-state index in [2.05, 4.69) is 22.0 Å². The van der Waals surface area contributed by atoms with Crippen LogP contribution in [0.15, 0.2) is 36.4 Å². The molecule has 1 N–H and O–H groups in total. The third kappa shape index (κ3) is 4.16. The van der Waals surface area contributed by atoms with Gasteiger partial charge >= 0.3 is 0 Å². The lowest BCUT2D eigenvalue weighted by atomic mass is 9.95. The van der Waals surface area contributed by atoms with Crippen molar-refractivity contribution in [1.29, 1.82) is 0 Å². The van der Waals surface area contributed by atoms with Gasteiger partial charge in [-0.3, -0.25) is 9.59 Å². The molecule has 1 aromatic heterocycles. The summed E-state index contributed by atoms with van der Waals surface area (Å²) in [7, 11) is 0. The van der Waals surface area contributed by atoms with Crippen molar-refractivity contribution in [2.24, 2.45) is 5.92 Å². The second-order valence-electron chi connectivity index (χ2n) is 8.25. The van der Waals surface area contributed by atoms with Crippen LogP contribution in [-0.2, 0) is 4.79 Å². The van der Waals surface area contributed by atoms with Crippen LogP contribution in [0, 0.1) is 19.8 Å². The number of benzene rings is 1. The SMILES string of the molecule is Cc1cc(C)c(C(=O)N2CCC[C@H](C(=O)N3CCN(c4ccccc4)CC3)C2)[nH]1. The van der Waals surface area contributed by atoms with Gasteiger partial charge < -0.3 is 19.7 Å². The molecule has 2 aromatic rings. The highest BCUT2D eigenvalue weighted by Gasteiger charge is 2.33. The number of piperazine rings is 1. The van der Waals surface area contributed by atoms with E-state index in [9.17, 15) is 9.59 Å². The van der Waals surface area contributed by atoms with Crippen molar-refractivity contribution in [2.75, 3.05) is 44.2 Å². The van der Waals surface area contributed by atoms with Crippen LogP contribution in [0.5, 0.6) is 0 Å². The fourth-order valence-corrected chi connectivity index (χ4v) is 4.55. The van der Waals surface area contributed by atoms with Gasteiger partial charge in [0.2, 0.25) is 5.91 Å². The molecule has 2 aliphatic heterocycles. The number of nitrogens with zero attached hydrogens (tertiary/aromatic N) is 3. The fraction of sp³-hybridized carbons (Fsp3) is 0.478. The number of piperidine rings is 1. The molecule has 2 saturated heterocycles. The summed E-state index contributed by atoms with van der Waals surface area (Å²) in [5.41, 5.74) is 3.84. The highest BCUT2D eigenvalue weighted by atomic mass is 16.2. The molecule has 0 bridgehead atoms. The van der Waals surface area contributed by atoms with Crippen molar-refractivity contribution in [3.8, 4) is 0 Å². The normalized spacial score (nSPS) is 20.1. The molecule has 1 aromatic carbocycles. The van der Waals surface area contributed by atoms with E-state index in [0.717, 1.165) is 56.8 Å². The number of aromatic amines is 1. The molecule has 154 valence electrons. The van der Waals surface area contributed by atoms with Gasteiger partial charge in [-0.15, -0.1) is 0 Å². The highest BCUT2D eigenvalue weighted by Crippen LogP contribution is 2.23. The number of carbonyl (C=O) groups excluding carboxylic acids is 2. The Labute approximate surface area is 172 Å². The summed E-state index contributed by atoms with van der Waals surface area (Å²) in [5.74, 6) is 0.129. The summed E-state index contributed by atoms with van der Waals surface area (Å²) in [6, 6.07) is 12.3. The van der Waals surface area contributed by atoms with Crippen LogP contribution in [0.2, 0.25) is 0 Å². The van der Waals surface area contributed by atoms with Gasteiger partial charge in [-0.2, -0.15) is 0 Å². The van der Waals surface area contributed by atoms with E-state index in [0.29, 0.717) is 12.2 Å². The molecule has 0 saturated carbocycles. The van der Waals surface area contributed by atoms with Crippen molar-refractivity contribution < 1.29 is 9.59 Å². The summed E-state index contributed by atoms with van der Waals surface area (Å²) in [5, 5.41) is 0. The lowest BCUT2D eigenvalue weighted by molar-refractivity contribution is -0.137. The lowest BCUT2D eigenvalue weighted by Crippen LogP contribution is -2.53. The number of H-pyrrole nitrogens is 1.